The highest BCUT2D eigenvalue weighted by Gasteiger charge is 2.26. The minimum Gasteiger partial charge on any atom is -0.336 e. The van der Waals surface area contributed by atoms with E-state index in [0.717, 1.165) is 24.3 Å². The molecular weight excluding hydrogens is 338 g/mol. The Morgan fingerprint density at radius 2 is 2.36 bits per heavy atom. The van der Waals surface area contributed by atoms with Gasteiger partial charge in [0.15, 0.2) is 0 Å². The molecule has 3 amide bonds. The number of hydrogen-bond acceptors (Lipinski definition) is 4. The molecule has 0 aromatic carbocycles. The number of thiophene rings is 1. The van der Waals surface area contributed by atoms with Gasteiger partial charge in [-0.05, 0) is 24.3 Å². The summed E-state index contributed by atoms with van der Waals surface area (Å²) in [5.41, 5.74) is 0. The lowest BCUT2D eigenvalue weighted by Crippen LogP contribution is -2.52. The Labute approximate surface area is 151 Å². The molecule has 0 saturated carbocycles. The lowest BCUT2D eigenvalue weighted by Gasteiger charge is -2.33. The van der Waals surface area contributed by atoms with Crippen molar-refractivity contribution >= 4 is 23.3 Å². The van der Waals surface area contributed by atoms with E-state index in [9.17, 15) is 9.59 Å². The van der Waals surface area contributed by atoms with E-state index in [1.165, 1.54) is 11.3 Å². The van der Waals surface area contributed by atoms with Crippen LogP contribution >= 0.6 is 11.3 Å². The van der Waals surface area contributed by atoms with E-state index < -0.39 is 0 Å². The quantitative estimate of drug-likeness (QED) is 0.884. The van der Waals surface area contributed by atoms with Crippen molar-refractivity contribution in [2.24, 2.45) is 0 Å². The van der Waals surface area contributed by atoms with Gasteiger partial charge in [0.1, 0.15) is 0 Å². The standard InChI is InChI=1S/C17H23N5O2S/c1-20(9-10-21-8-6-18-13-21)17(24)19-14-4-2-7-22(12-14)16(23)15-5-3-11-25-15/h3,5-6,8,11,13-14H,2,4,7,9-10,12H2,1H3,(H,19,24). The molecule has 0 bridgehead atoms. The first-order valence-electron chi connectivity index (χ1n) is 8.43. The molecular formula is C17H23N5O2S. The fourth-order valence-corrected chi connectivity index (χ4v) is 3.60. The molecule has 0 spiro atoms. The number of likely N-dealkylation sites (tertiary alicyclic amines) is 1. The number of imidazole rings is 1. The summed E-state index contributed by atoms with van der Waals surface area (Å²) in [6.07, 6.45) is 7.14. The van der Waals surface area contributed by atoms with Crippen LogP contribution in [-0.4, -0.2) is 64.0 Å². The lowest BCUT2D eigenvalue weighted by molar-refractivity contribution is 0.0700. The lowest BCUT2D eigenvalue weighted by atomic mass is 10.1. The minimum atomic E-state index is -0.101. The Balaban J connectivity index is 1.48. The molecule has 1 saturated heterocycles. The maximum absolute atomic E-state index is 12.5. The Morgan fingerprint density at radius 3 is 3.08 bits per heavy atom. The van der Waals surface area contributed by atoms with Crippen LogP contribution in [0.2, 0.25) is 0 Å². The first-order chi connectivity index (χ1) is 12.1. The van der Waals surface area contributed by atoms with Gasteiger partial charge in [-0.25, -0.2) is 9.78 Å². The van der Waals surface area contributed by atoms with Gasteiger partial charge in [0.25, 0.3) is 5.91 Å². The van der Waals surface area contributed by atoms with E-state index in [0.29, 0.717) is 19.6 Å². The second-order valence-corrected chi connectivity index (χ2v) is 7.19. The normalized spacial score (nSPS) is 17.3. The Hall–Kier alpha value is -2.35. The topological polar surface area (TPSA) is 70.5 Å². The average Bonchev–Trinajstić information content (AvgIpc) is 3.32. The van der Waals surface area contributed by atoms with E-state index in [-0.39, 0.29) is 18.0 Å². The summed E-state index contributed by atoms with van der Waals surface area (Å²) in [5, 5.41) is 4.96. The van der Waals surface area contributed by atoms with Gasteiger partial charge < -0.3 is 19.7 Å². The molecule has 7 nitrogen and oxygen atoms in total. The number of aromatic nitrogens is 2. The van der Waals surface area contributed by atoms with E-state index in [4.69, 9.17) is 0 Å². The third kappa shape index (κ3) is 4.60. The van der Waals surface area contributed by atoms with Crippen molar-refractivity contribution in [1.29, 1.82) is 0 Å². The summed E-state index contributed by atoms with van der Waals surface area (Å²) in [4.78, 5) is 33.1. The average molecular weight is 361 g/mol. The van der Waals surface area contributed by atoms with Gasteiger partial charge in [0, 0.05) is 51.7 Å². The maximum Gasteiger partial charge on any atom is 0.317 e. The molecule has 8 heteroatoms. The second kappa shape index (κ2) is 8.15. The van der Waals surface area contributed by atoms with Crippen molar-refractivity contribution in [3.8, 4) is 0 Å². The Kier molecular flexibility index (Phi) is 5.70. The van der Waals surface area contributed by atoms with Gasteiger partial charge in [0.05, 0.1) is 11.2 Å². The third-order valence-corrected chi connectivity index (χ3v) is 5.23. The maximum atomic E-state index is 12.5. The van der Waals surface area contributed by atoms with Crippen molar-refractivity contribution in [3.63, 3.8) is 0 Å². The van der Waals surface area contributed by atoms with E-state index >= 15 is 0 Å². The number of urea groups is 1. The zero-order valence-electron chi connectivity index (χ0n) is 14.3. The molecule has 1 aliphatic rings. The highest BCUT2D eigenvalue weighted by Crippen LogP contribution is 2.17. The van der Waals surface area contributed by atoms with Crippen LogP contribution in [0.25, 0.3) is 0 Å². The van der Waals surface area contributed by atoms with Crippen LogP contribution in [0.5, 0.6) is 0 Å². The van der Waals surface area contributed by atoms with Crippen molar-refractivity contribution in [1.82, 2.24) is 24.7 Å². The van der Waals surface area contributed by atoms with Crippen molar-refractivity contribution in [2.45, 2.75) is 25.4 Å². The zero-order valence-corrected chi connectivity index (χ0v) is 15.1. The van der Waals surface area contributed by atoms with Gasteiger partial charge in [-0.2, -0.15) is 0 Å². The highest BCUT2D eigenvalue weighted by atomic mass is 32.1. The molecule has 1 fully saturated rings. The number of piperidine rings is 1. The number of amides is 3. The number of rotatable bonds is 5. The SMILES string of the molecule is CN(CCn1ccnc1)C(=O)NC1CCCN(C(=O)c2cccs2)C1. The van der Waals surface area contributed by atoms with Crippen LogP contribution in [0.3, 0.4) is 0 Å². The molecule has 1 atom stereocenters. The highest BCUT2D eigenvalue weighted by molar-refractivity contribution is 7.12. The third-order valence-electron chi connectivity index (χ3n) is 4.37. The summed E-state index contributed by atoms with van der Waals surface area (Å²) in [6.45, 7) is 2.63. The molecule has 1 unspecified atom stereocenters. The van der Waals surface area contributed by atoms with E-state index in [1.807, 2.05) is 33.2 Å². The molecule has 134 valence electrons. The number of hydrogen-bond donors (Lipinski definition) is 1. The van der Waals surface area contributed by atoms with E-state index in [1.54, 1.807) is 24.5 Å². The van der Waals surface area contributed by atoms with Gasteiger partial charge in [-0.15, -0.1) is 11.3 Å². The first-order valence-corrected chi connectivity index (χ1v) is 9.31. The van der Waals surface area contributed by atoms with Crippen molar-refractivity contribution < 1.29 is 9.59 Å². The number of carbonyl (C=O) groups is 2. The molecule has 1 N–H and O–H groups in total. The molecule has 0 radical (unpaired) electrons. The molecule has 1 aliphatic heterocycles. The fourth-order valence-electron chi connectivity index (χ4n) is 2.91. The van der Waals surface area contributed by atoms with Crippen LogP contribution in [0, 0.1) is 0 Å². The largest absolute Gasteiger partial charge is 0.336 e. The molecule has 25 heavy (non-hydrogen) atoms. The summed E-state index contributed by atoms with van der Waals surface area (Å²) in [5.74, 6) is 0.0578. The van der Waals surface area contributed by atoms with Crippen LogP contribution in [0.15, 0.2) is 36.2 Å². The van der Waals surface area contributed by atoms with Gasteiger partial charge in [0.2, 0.25) is 0 Å². The monoisotopic (exact) mass is 361 g/mol. The minimum absolute atomic E-state index is 0.000794. The predicted molar refractivity (Wildman–Crippen MR) is 96.6 cm³/mol. The van der Waals surface area contributed by atoms with Gasteiger partial charge >= 0.3 is 6.03 Å². The Bertz CT molecular complexity index is 686. The number of nitrogens with zero attached hydrogens (tertiary/aromatic N) is 4. The number of nitrogens with one attached hydrogen (secondary N) is 1. The van der Waals surface area contributed by atoms with Crippen LogP contribution in [0.4, 0.5) is 4.79 Å². The number of carbonyl (C=O) groups excluding carboxylic acids is 2. The van der Waals surface area contributed by atoms with Crippen LogP contribution in [-0.2, 0) is 6.54 Å². The zero-order chi connectivity index (χ0) is 17.6. The summed E-state index contributed by atoms with van der Waals surface area (Å²) in [6, 6.07) is 3.63. The Morgan fingerprint density at radius 1 is 1.48 bits per heavy atom. The molecule has 0 aliphatic carbocycles. The van der Waals surface area contributed by atoms with Crippen molar-refractivity contribution in [2.75, 3.05) is 26.7 Å². The van der Waals surface area contributed by atoms with E-state index in [2.05, 4.69) is 10.3 Å². The summed E-state index contributed by atoms with van der Waals surface area (Å²) in [7, 11) is 1.78. The fraction of sp³-hybridized carbons (Fsp3) is 0.471. The molecule has 3 heterocycles. The molecule has 2 aromatic rings. The molecule has 3 rings (SSSR count). The van der Waals surface area contributed by atoms with Gasteiger partial charge in [-0.1, -0.05) is 6.07 Å². The van der Waals surface area contributed by atoms with Crippen LogP contribution in [0.1, 0.15) is 22.5 Å². The first kappa shape index (κ1) is 17.5. The number of likely N-dealkylation sites (N-methyl/N-ethyl adjacent to an activating group) is 1. The second-order valence-electron chi connectivity index (χ2n) is 6.24. The van der Waals surface area contributed by atoms with Gasteiger partial charge in [-0.3, -0.25) is 4.79 Å². The molecule has 2 aromatic heterocycles. The van der Waals surface area contributed by atoms with Crippen molar-refractivity contribution in [3.05, 3.63) is 41.1 Å². The summed E-state index contributed by atoms with van der Waals surface area (Å²) < 4.78 is 1.94. The summed E-state index contributed by atoms with van der Waals surface area (Å²) >= 11 is 1.46. The smallest absolute Gasteiger partial charge is 0.317 e. The predicted octanol–water partition coefficient (Wildman–Crippen LogP) is 1.89. The van der Waals surface area contributed by atoms with Crippen LogP contribution < -0.4 is 5.32 Å².